The average Bonchev–Trinajstić information content (AvgIpc) is 2.93. The third-order valence-electron chi connectivity index (χ3n) is 3.34. The highest BCUT2D eigenvalue weighted by atomic mass is 16.4. The Morgan fingerprint density at radius 2 is 1.90 bits per heavy atom. The molecule has 20 heavy (non-hydrogen) atoms. The average molecular weight is 273 g/mol. The summed E-state index contributed by atoms with van der Waals surface area (Å²) >= 11 is 0. The molecule has 0 aliphatic heterocycles. The Labute approximate surface area is 118 Å². The van der Waals surface area contributed by atoms with Crippen LogP contribution in [0.5, 0.6) is 0 Å². The number of carboxylic acid groups (broad SMARTS) is 1. The van der Waals surface area contributed by atoms with Crippen LogP contribution in [0.3, 0.4) is 0 Å². The fourth-order valence-corrected chi connectivity index (χ4v) is 2.23. The van der Waals surface area contributed by atoms with E-state index >= 15 is 0 Å². The first kappa shape index (κ1) is 14.2. The molecule has 0 fully saturated rings. The van der Waals surface area contributed by atoms with E-state index in [4.69, 9.17) is 9.52 Å². The molecule has 0 atom stereocenters. The highest BCUT2D eigenvalue weighted by Gasteiger charge is 2.10. The Kier molecular flexibility index (Phi) is 4.45. The van der Waals surface area contributed by atoms with Crippen LogP contribution in [0.1, 0.15) is 41.1 Å². The molecule has 0 aliphatic carbocycles. The molecule has 1 aromatic carbocycles. The SMILES string of the molecule is CCc1cccc(CC)c1NCc1cc(C(=O)O)co1. The number of hydrogen-bond donors (Lipinski definition) is 2. The Bertz CT molecular complexity index is 579. The van der Waals surface area contributed by atoms with Crippen LogP contribution < -0.4 is 5.32 Å². The van der Waals surface area contributed by atoms with E-state index < -0.39 is 5.97 Å². The maximum atomic E-state index is 10.8. The van der Waals surface area contributed by atoms with Crippen molar-refractivity contribution >= 4 is 11.7 Å². The van der Waals surface area contributed by atoms with E-state index in [0.717, 1.165) is 18.5 Å². The fraction of sp³-hybridized carbons (Fsp3) is 0.312. The molecule has 2 aromatic rings. The van der Waals surface area contributed by atoms with Gasteiger partial charge in [-0.1, -0.05) is 32.0 Å². The minimum Gasteiger partial charge on any atom is -0.478 e. The van der Waals surface area contributed by atoms with E-state index in [-0.39, 0.29) is 5.56 Å². The topological polar surface area (TPSA) is 62.5 Å². The number of carboxylic acids is 1. The molecule has 0 saturated heterocycles. The van der Waals surface area contributed by atoms with Crippen molar-refractivity contribution in [2.24, 2.45) is 0 Å². The van der Waals surface area contributed by atoms with Gasteiger partial charge in [0.2, 0.25) is 0 Å². The van der Waals surface area contributed by atoms with Gasteiger partial charge in [-0.2, -0.15) is 0 Å². The van der Waals surface area contributed by atoms with Crippen molar-refractivity contribution in [3.05, 3.63) is 53.0 Å². The van der Waals surface area contributed by atoms with Gasteiger partial charge in [-0.3, -0.25) is 0 Å². The van der Waals surface area contributed by atoms with Gasteiger partial charge in [0.1, 0.15) is 12.0 Å². The lowest BCUT2D eigenvalue weighted by Gasteiger charge is -2.14. The molecule has 2 N–H and O–H groups in total. The zero-order chi connectivity index (χ0) is 14.5. The van der Waals surface area contributed by atoms with Crippen molar-refractivity contribution < 1.29 is 14.3 Å². The first-order valence-electron chi connectivity index (χ1n) is 6.81. The van der Waals surface area contributed by atoms with E-state index in [1.165, 1.54) is 17.4 Å². The predicted octanol–water partition coefficient (Wildman–Crippen LogP) is 3.71. The van der Waals surface area contributed by atoms with Gasteiger partial charge in [0, 0.05) is 5.69 Å². The van der Waals surface area contributed by atoms with Crippen molar-refractivity contribution in [3.63, 3.8) is 0 Å². The molecule has 106 valence electrons. The van der Waals surface area contributed by atoms with Gasteiger partial charge in [-0.25, -0.2) is 4.79 Å². The van der Waals surface area contributed by atoms with E-state index in [1.807, 2.05) is 0 Å². The molecule has 0 radical (unpaired) electrons. The van der Waals surface area contributed by atoms with Gasteiger partial charge in [0.15, 0.2) is 0 Å². The minimum atomic E-state index is -0.969. The summed E-state index contributed by atoms with van der Waals surface area (Å²) in [6.45, 7) is 4.72. The third kappa shape index (κ3) is 3.02. The lowest BCUT2D eigenvalue weighted by Crippen LogP contribution is -2.04. The van der Waals surface area contributed by atoms with E-state index in [2.05, 4.69) is 37.4 Å². The molecule has 1 heterocycles. The monoisotopic (exact) mass is 273 g/mol. The normalized spacial score (nSPS) is 10.5. The quantitative estimate of drug-likeness (QED) is 0.842. The van der Waals surface area contributed by atoms with Crippen LogP contribution in [0.25, 0.3) is 0 Å². The molecule has 1 aromatic heterocycles. The van der Waals surface area contributed by atoms with Gasteiger partial charge in [0.25, 0.3) is 0 Å². The van der Waals surface area contributed by atoms with Crippen molar-refractivity contribution in [1.82, 2.24) is 0 Å². The molecule has 4 heteroatoms. The number of aryl methyl sites for hydroxylation is 2. The number of rotatable bonds is 6. The molecule has 0 unspecified atom stereocenters. The fourth-order valence-electron chi connectivity index (χ4n) is 2.23. The van der Waals surface area contributed by atoms with Crippen LogP contribution in [0.15, 0.2) is 34.9 Å². The number of carbonyl (C=O) groups is 1. The van der Waals surface area contributed by atoms with E-state index in [9.17, 15) is 4.79 Å². The van der Waals surface area contributed by atoms with Crippen molar-refractivity contribution in [3.8, 4) is 0 Å². The Morgan fingerprint density at radius 3 is 2.40 bits per heavy atom. The van der Waals surface area contributed by atoms with Gasteiger partial charge in [-0.05, 0) is 30.0 Å². The Balaban J connectivity index is 2.15. The largest absolute Gasteiger partial charge is 0.478 e. The molecular formula is C16H19NO3. The zero-order valence-corrected chi connectivity index (χ0v) is 11.8. The second kappa shape index (κ2) is 6.28. The standard InChI is InChI=1S/C16H19NO3/c1-3-11-6-5-7-12(4-2)15(11)17-9-14-8-13(10-20-14)16(18)19/h5-8,10,17H,3-4,9H2,1-2H3,(H,18,19). The van der Waals surface area contributed by atoms with Crippen molar-refractivity contribution in [1.29, 1.82) is 0 Å². The number of furan rings is 1. The van der Waals surface area contributed by atoms with Crippen LogP contribution >= 0.6 is 0 Å². The van der Waals surface area contributed by atoms with Crippen LogP contribution in [-0.2, 0) is 19.4 Å². The van der Waals surface area contributed by atoms with E-state index in [0.29, 0.717) is 12.3 Å². The molecular weight excluding hydrogens is 254 g/mol. The van der Waals surface area contributed by atoms with Gasteiger partial charge in [0.05, 0.1) is 12.1 Å². The summed E-state index contributed by atoms with van der Waals surface area (Å²) in [6, 6.07) is 7.83. The number of aromatic carboxylic acids is 1. The minimum absolute atomic E-state index is 0.182. The number of para-hydroxylation sites is 1. The van der Waals surface area contributed by atoms with Crippen LogP contribution in [0.2, 0.25) is 0 Å². The summed E-state index contributed by atoms with van der Waals surface area (Å²) in [5.74, 6) is -0.349. The van der Waals surface area contributed by atoms with Crippen molar-refractivity contribution in [2.75, 3.05) is 5.32 Å². The van der Waals surface area contributed by atoms with Gasteiger partial charge in [-0.15, -0.1) is 0 Å². The summed E-state index contributed by atoms with van der Waals surface area (Å²) in [7, 11) is 0. The van der Waals surface area contributed by atoms with Gasteiger partial charge < -0.3 is 14.8 Å². The lowest BCUT2D eigenvalue weighted by molar-refractivity contribution is 0.0696. The highest BCUT2D eigenvalue weighted by Crippen LogP contribution is 2.23. The second-order valence-corrected chi connectivity index (χ2v) is 4.62. The molecule has 0 bridgehead atoms. The smallest absolute Gasteiger partial charge is 0.338 e. The first-order chi connectivity index (χ1) is 9.65. The molecule has 0 amide bonds. The van der Waals surface area contributed by atoms with Crippen molar-refractivity contribution in [2.45, 2.75) is 33.2 Å². The van der Waals surface area contributed by atoms with E-state index in [1.54, 1.807) is 6.07 Å². The predicted molar refractivity (Wildman–Crippen MR) is 78.2 cm³/mol. The maximum absolute atomic E-state index is 10.8. The Morgan fingerprint density at radius 1 is 1.25 bits per heavy atom. The highest BCUT2D eigenvalue weighted by molar-refractivity contribution is 5.87. The van der Waals surface area contributed by atoms with Crippen LogP contribution in [0, 0.1) is 0 Å². The summed E-state index contributed by atoms with van der Waals surface area (Å²) in [6.07, 6.45) is 3.18. The number of nitrogens with one attached hydrogen (secondary N) is 1. The number of hydrogen-bond acceptors (Lipinski definition) is 3. The van der Waals surface area contributed by atoms with Gasteiger partial charge >= 0.3 is 5.97 Å². The molecule has 0 saturated carbocycles. The molecule has 2 rings (SSSR count). The number of anilines is 1. The maximum Gasteiger partial charge on any atom is 0.338 e. The van der Waals surface area contributed by atoms with Crippen LogP contribution in [-0.4, -0.2) is 11.1 Å². The zero-order valence-electron chi connectivity index (χ0n) is 11.8. The molecule has 0 spiro atoms. The Hall–Kier alpha value is -2.23. The molecule has 0 aliphatic rings. The summed E-state index contributed by atoms with van der Waals surface area (Å²) in [5.41, 5.74) is 3.83. The summed E-state index contributed by atoms with van der Waals surface area (Å²) < 4.78 is 5.25. The lowest BCUT2D eigenvalue weighted by atomic mass is 10.0. The summed E-state index contributed by atoms with van der Waals surface area (Å²) in [5, 5.41) is 12.2. The third-order valence-corrected chi connectivity index (χ3v) is 3.34. The second-order valence-electron chi connectivity index (χ2n) is 4.62. The molecule has 4 nitrogen and oxygen atoms in total. The first-order valence-corrected chi connectivity index (χ1v) is 6.81. The summed E-state index contributed by atoms with van der Waals surface area (Å²) in [4.78, 5) is 10.8. The number of benzene rings is 1. The van der Waals surface area contributed by atoms with Crippen LogP contribution in [0.4, 0.5) is 5.69 Å².